The summed E-state index contributed by atoms with van der Waals surface area (Å²) in [5, 5.41) is 34.9. The first-order chi connectivity index (χ1) is 55.3. The number of rotatable bonds is 19. The van der Waals surface area contributed by atoms with Crippen LogP contribution in [0.25, 0.3) is 66.1 Å². The van der Waals surface area contributed by atoms with Crippen molar-refractivity contribution in [2.75, 3.05) is 125 Å². The van der Waals surface area contributed by atoms with Crippen molar-refractivity contribution in [2.24, 2.45) is 0 Å². The average molecular weight is 1630 g/mol. The second-order valence-electron chi connectivity index (χ2n) is 27.8. The molecule has 9 heterocycles. The van der Waals surface area contributed by atoms with E-state index in [1.54, 1.807) is 34.0 Å². The second kappa shape index (κ2) is 35.3. The van der Waals surface area contributed by atoms with Crippen LogP contribution in [0.5, 0.6) is 17.2 Å². The van der Waals surface area contributed by atoms with E-state index in [0.29, 0.717) is 187 Å². The normalized spacial score (nSPS) is 14.9. The highest BCUT2D eigenvalue weighted by Crippen LogP contribution is 2.46. The van der Waals surface area contributed by atoms with Gasteiger partial charge in [0.1, 0.15) is 97.7 Å². The number of aromatic hydroxyl groups is 3. The van der Waals surface area contributed by atoms with Gasteiger partial charge in [0.05, 0.1) is 31.8 Å². The number of likely N-dealkylation sites (tertiary alicyclic amines) is 1. The highest BCUT2D eigenvalue weighted by Gasteiger charge is 2.39. The number of benzene rings is 6. The number of hydrogen-bond acceptors (Lipinski definition) is 19. The molecule has 4 saturated heterocycles. The number of nitrogens with zero attached hydrogens (tertiary/aromatic N) is 15. The summed E-state index contributed by atoms with van der Waals surface area (Å²) < 4.78 is 106. The number of nitrogens with one attached hydrogen (secondary N) is 1. The summed E-state index contributed by atoms with van der Waals surface area (Å²) in [4.78, 5) is 85.2. The number of aromatic nitrogens is 8. The molecule has 0 bridgehead atoms. The Kier molecular flexibility index (Phi) is 24.9. The van der Waals surface area contributed by atoms with Crippen LogP contribution in [0.15, 0.2) is 160 Å². The zero-order valence-electron chi connectivity index (χ0n) is 62.1. The topological polar surface area (TPSA) is 250 Å². The van der Waals surface area contributed by atoms with Crippen LogP contribution in [0.4, 0.5) is 54.0 Å². The number of anilines is 4. The van der Waals surface area contributed by atoms with Crippen LogP contribution in [0.2, 0.25) is 15.1 Å². The monoisotopic (exact) mass is 1630 g/mol. The van der Waals surface area contributed by atoms with Gasteiger partial charge in [-0.2, -0.15) is 0 Å². The molecule has 4 aliphatic heterocycles. The Morgan fingerprint density at radius 3 is 1.14 bits per heavy atom. The summed E-state index contributed by atoms with van der Waals surface area (Å²) in [6.45, 7) is 19.0. The van der Waals surface area contributed by atoms with Gasteiger partial charge in [-0.05, 0) is 110 Å². The third-order valence-corrected chi connectivity index (χ3v) is 21.0. The first-order valence-corrected chi connectivity index (χ1v) is 37.9. The molecule has 0 unspecified atom stereocenters. The average Bonchev–Trinajstić information content (AvgIpc) is 0.757. The number of aryl methyl sites for hydroxylation is 2. The molecule has 22 nitrogen and oxygen atoms in total. The molecule has 4 aliphatic rings. The van der Waals surface area contributed by atoms with E-state index >= 15 is 13.2 Å². The number of alkyl halides is 1. The summed E-state index contributed by atoms with van der Waals surface area (Å²) in [5.41, 5.74) is -2.37. The number of phenolic OH excluding ortho intramolecular Hbond substituents is 3. The van der Waals surface area contributed by atoms with E-state index in [1.807, 2.05) is 56.0 Å². The van der Waals surface area contributed by atoms with Crippen LogP contribution in [0.1, 0.15) is 30.1 Å². The maximum Gasteiger partial charge on any atom is 0.246 e. The van der Waals surface area contributed by atoms with E-state index in [2.05, 4.69) is 50.0 Å². The molecular weight excluding hydrogens is 1560 g/mol. The van der Waals surface area contributed by atoms with Crippen LogP contribution >= 0.6 is 34.8 Å². The Morgan fingerprint density at radius 1 is 0.452 bits per heavy atom. The minimum Gasteiger partial charge on any atom is -0.507 e. The molecule has 3 amide bonds. The number of piperazine rings is 3. The van der Waals surface area contributed by atoms with E-state index < -0.39 is 57.8 Å². The fourth-order valence-corrected chi connectivity index (χ4v) is 15.2. The van der Waals surface area contributed by atoms with Gasteiger partial charge in [0.25, 0.3) is 0 Å². The number of hydrogen-bond donors (Lipinski definition) is 4. The molecule has 32 heteroatoms. The Morgan fingerprint density at radius 2 is 0.809 bits per heavy atom. The highest BCUT2D eigenvalue weighted by molar-refractivity contribution is 6.35. The second-order valence-corrected chi connectivity index (χ2v) is 29.0. The van der Waals surface area contributed by atoms with Crippen molar-refractivity contribution >= 4 is 109 Å². The number of carbonyl (C=O) groups excluding carboxylic acids is 3. The largest absolute Gasteiger partial charge is 0.507 e. The highest BCUT2D eigenvalue weighted by atomic mass is 35.5. The van der Waals surface area contributed by atoms with Crippen molar-refractivity contribution in [1.29, 1.82) is 0 Å². The van der Waals surface area contributed by atoms with Crippen molar-refractivity contribution in [3.8, 4) is 50.6 Å². The maximum absolute atomic E-state index is 16.1. The lowest BCUT2D eigenvalue weighted by atomic mass is 9.99. The third kappa shape index (κ3) is 17.8. The molecule has 4 N–H and O–H groups in total. The first-order valence-electron chi connectivity index (χ1n) is 36.8. The van der Waals surface area contributed by atoms with Crippen LogP contribution in [0, 0.1) is 34.9 Å². The van der Waals surface area contributed by atoms with Crippen molar-refractivity contribution in [1.82, 2.24) is 59.5 Å². The summed E-state index contributed by atoms with van der Waals surface area (Å²) in [6.07, 6.45) is 8.79. The fourth-order valence-electron chi connectivity index (χ4n) is 14.4. The minimum atomic E-state index is -1.22. The molecule has 0 spiro atoms. The number of pyridine rings is 2. The summed E-state index contributed by atoms with van der Waals surface area (Å²) in [5.74, 6) is -3.70. The number of carbonyl (C=O) groups is 3. The molecule has 0 atom stereocenters. The number of halogens is 10. The van der Waals surface area contributed by atoms with Gasteiger partial charge in [0, 0.05) is 175 Å². The van der Waals surface area contributed by atoms with Crippen molar-refractivity contribution in [3.05, 3.63) is 233 Å². The van der Waals surface area contributed by atoms with E-state index in [-0.39, 0.29) is 82.7 Å². The lowest BCUT2D eigenvalue weighted by Crippen LogP contribution is -2.57. The van der Waals surface area contributed by atoms with Crippen molar-refractivity contribution in [3.63, 3.8) is 0 Å². The van der Waals surface area contributed by atoms with Crippen molar-refractivity contribution in [2.45, 2.75) is 38.3 Å². The lowest BCUT2D eigenvalue weighted by molar-refractivity contribution is -0.127. The molecule has 0 aliphatic carbocycles. The lowest BCUT2D eigenvalue weighted by Gasteiger charge is -2.42. The SMILES string of the molecule is C=CC(=O)N1CCN(c2nc(CCN3CC(C)(F)C3)nc3c(F)c(-c4c(O)cccc4F)c(Cl)cc23)CC1.C=CC(=O)N1CCN(c2nc(CCNc3ccccn3)nc3c(F)c(-c4c(O)cccc4F)c(Cl)cc23)CC1.C=CC(=O)N1CCN(c2nc(CCc3ccccn3)nc3c(F)c(-c4c(O)cccc4F)c(Cl)cc23)CC1. The number of fused-ring (bicyclic) bond motifs is 3. The Labute approximate surface area is 671 Å². The van der Waals surface area contributed by atoms with E-state index in [9.17, 15) is 47.3 Å². The quantitative estimate of drug-likeness (QED) is 0.0434. The smallest absolute Gasteiger partial charge is 0.246 e. The zero-order valence-corrected chi connectivity index (χ0v) is 64.4. The molecule has 11 aromatic rings. The molecule has 15 rings (SSSR count). The Hall–Kier alpha value is -11.8. The molecule has 0 radical (unpaired) electrons. The van der Waals surface area contributed by atoms with Gasteiger partial charge in [0.2, 0.25) is 17.7 Å². The molecule has 115 heavy (non-hydrogen) atoms. The Bertz CT molecular complexity index is 5500. The van der Waals surface area contributed by atoms with Gasteiger partial charge in [-0.3, -0.25) is 24.3 Å². The summed E-state index contributed by atoms with van der Waals surface area (Å²) in [6, 6.07) is 26.7. The van der Waals surface area contributed by atoms with Gasteiger partial charge >= 0.3 is 0 Å². The molecule has 5 aromatic heterocycles. The van der Waals surface area contributed by atoms with Crippen LogP contribution in [0.3, 0.4) is 0 Å². The minimum absolute atomic E-state index is 0.0299. The molecular formula is C83H76Cl3F7N16O6. The summed E-state index contributed by atoms with van der Waals surface area (Å²) in [7, 11) is 0. The van der Waals surface area contributed by atoms with Crippen molar-refractivity contribution < 1.29 is 60.4 Å². The van der Waals surface area contributed by atoms with Crippen LogP contribution in [-0.2, 0) is 40.1 Å². The number of phenols is 3. The molecule has 6 aromatic carbocycles. The van der Waals surface area contributed by atoms with E-state index in [1.165, 1.54) is 72.8 Å². The van der Waals surface area contributed by atoms with Crippen LogP contribution < -0.4 is 20.0 Å². The maximum atomic E-state index is 16.1. The standard InChI is InChI=1S/C28H25ClF2N6O2.C28H24ClF2N5O2.C27H27ClF3N5O2/c1-2-23(39)36-12-14-37(15-13-36)28-17-16-18(29)24(25-19(30)6-5-7-20(25)38)26(31)27(17)34-22(35-28)9-11-33-21-8-3-4-10-32-21;1-2-23(38)35-12-14-36(15-13-35)28-18-16-19(29)24(25-20(30)7-5-8-21(25)37)26(31)27(18)33-22(34-28)10-9-17-6-3-4-11-32-17;1-3-21(38)35-9-11-36(12-10-35)26-16-13-17(28)22(23-18(29)5-4-6-19(23)37)24(30)25(16)32-20(33-26)7-8-34-14-27(2,31)15-34/h2-8,10,16,38H,1,9,11-15H2,(H,32,33);2-8,11,16,37H,1,9-10,12-15H2;3-6,13,37H,1,7-12,14-15H2,2H3. The van der Waals surface area contributed by atoms with Gasteiger partial charge in [-0.15, -0.1) is 0 Å². The van der Waals surface area contributed by atoms with Gasteiger partial charge in [-0.1, -0.05) is 84.9 Å². The molecule has 0 saturated carbocycles. The zero-order chi connectivity index (χ0) is 81.5. The van der Waals surface area contributed by atoms with Crippen LogP contribution in [-0.4, -0.2) is 203 Å². The fraction of sp³-hybridized carbons (Fsp3) is 0.265. The van der Waals surface area contributed by atoms with Gasteiger partial charge in [0.15, 0.2) is 17.5 Å². The van der Waals surface area contributed by atoms with Gasteiger partial charge in [-0.25, -0.2) is 65.6 Å². The predicted octanol–water partition coefficient (Wildman–Crippen LogP) is 14.1. The molecule has 594 valence electrons. The van der Waals surface area contributed by atoms with E-state index in [0.717, 1.165) is 23.9 Å². The molecule has 4 fully saturated rings. The number of amides is 3. The first kappa shape index (κ1) is 81.2. The third-order valence-electron chi connectivity index (χ3n) is 20.1. The Balaban J connectivity index is 0.000000150. The summed E-state index contributed by atoms with van der Waals surface area (Å²) >= 11 is 19.5. The predicted molar refractivity (Wildman–Crippen MR) is 429 cm³/mol. The van der Waals surface area contributed by atoms with E-state index in [4.69, 9.17) is 49.8 Å². The van der Waals surface area contributed by atoms with Gasteiger partial charge < -0.3 is 50.0 Å².